The Morgan fingerprint density at radius 3 is 2.92 bits per heavy atom. The fraction of sp³-hybridized carbons (Fsp3) is 0.263. The molecule has 3 aromatic heterocycles. The SMILES string of the molecule is CCCCn1c2ccccc2c2nnc(N/N=C/c3sccc3C)nc21. The van der Waals surface area contributed by atoms with Crippen LogP contribution in [0.4, 0.5) is 5.95 Å². The van der Waals surface area contributed by atoms with Crippen molar-refractivity contribution in [3.8, 4) is 0 Å². The molecule has 0 saturated carbocycles. The van der Waals surface area contributed by atoms with Gasteiger partial charge in [-0.1, -0.05) is 31.5 Å². The first-order chi connectivity index (χ1) is 12.8. The maximum absolute atomic E-state index is 4.67. The maximum atomic E-state index is 4.67. The molecule has 1 N–H and O–H groups in total. The van der Waals surface area contributed by atoms with Gasteiger partial charge in [-0.15, -0.1) is 21.5 Å². The minimum Gasteiger partial charge on any atom is -0.324 e. The molecule has 0 radical (unpaired) electrons. The van der Waals surface area contributed by atoms with Crippen LogP contribution in [0.25, 0.3) is 22.1 Å². The lowest BCUT2D eigenvalue weighted by Crippen LogP contribution is -2.03. The van der Waals surface area contributed by atoms with Gasteiger partial charge in [-0.3, -0.25) is 0 Å². The summed E-state index contributed by atoms with van der Waals surface area (Å²) in [5.74, 6) is 0.406. The minimum absolute atomic E-state index is 0.406. The zero-order valence-corrected chi connectivity index (χ0v) is 15.6. The predicted octanol–water partition coefficient (Wildman–Crippen LogP) is 4.60. The Hall–Kier alpha value is -2.80. The van der Waals surface area contributed by atoms with Gasteiger partial charge in [0, 0.05) is 16.8 Å². The smallest absolute Gasteiger partial charge is 0.265 e. The van der Waals surface area contributed by atoms with Crippen LogP contribution in [0.3, 0.4) is 0 Å². The van der Waals surface area contributed by atoms with Crippen molar-refractivity contribution in [1.29, 1.82) is 0 Å². The van der Waals surface area contributed by atoms with Gasteiger partial charge in [-0.05, 0) is 36.4 Å². The standard InChI is InChI=1S/C19H20N6S/c1-3-4-10-25-15-8-6-5-7-14(15)17-18(25)21-19(24-22-17)23-20-12-16-13(2)9-11-26-16/h5-9,11-12H,3-4,10H2,1-2H3,(H,21,23,24)/b20-12+. The molecule has 26 heavy (non-hydrogen) atoms. The third-order valence-corrected chi connectivity index (χ3v) is 5.31. The van der Waals surface area contributed by atoms with Gasteiger partial charge in [0.15, 0.2) is 5.65 Å². The van der Waals surface area contributed by atoms with E-state index in [1.807, 2.05) is 17.5 Å². The third kappa shape index (κ3) is 3.06. The highest BCUT2D eigenvalue weighted by atomic mass is 32.1. The van der Waals surface area contributed by atoms with E-state index in [1.54, 1.807) is 17.6 Å². The highest BCUT2D eigenvalue weighted by molar-refractivity contribution is 7.11. The van der Waals surface area contributed by atoms with Crippen LogP contribution in [0.2, 0.25) is 0 Å². The van der Waals surface area contributed by atoms with Crippen molar-refractivity contribution in [2.45, 2.75) is 33.2 Å². The molecular weight excluding hydrogens is 344 g/mol. The second kappa shape index (κ2) is 7.21. The number of aryl methyl sites for hydroxylation is 2. The van der Waals surface area contributed by atoms with Gasteiger partial charge >= 0.3 is 0 Å². The van der Waals surface area contributed by atoms with Crippen molar-refractivity contribution < 1.29 is 0 Å². The predicted molar refractivity (Wildman–Crippen MR) is 108 cm³/mol. The molecule has 4 aromatic rings. The Morgan fingerprint density at radius 2 is 2.12 bits per heavy atom. The van der Waals surface area contributed by atoms with Crippen LogP contribution >= 0.6 is 11.3 Å². The maximum Gasteiger partial charge on any atom is 0.265 e. The van der Waals surface area contributed by atoms with Crippen molar-refractivity contribution in [1.82, 2.24) is 19.7 Å². The summed E-state index contributed by atoms with van der Waals surface area (Å²) in [5, 5.41) is 16.0. The number of nitrogens with one attached hydrogen (secondary N) is 1. The number of hydrogen-bond acceptors (Lipinski definition) is 6. The second-order valence-corrected chi connectivity index (χ2v) is 7.12. The summed E-state index contributed by atoms with van der Waals surface area (Å²) in [5.41, 5.74) is 6.94. The average Bonchev–Trinajstić information content (AvgIpc) is 3.21. The summed E-state index contributed by atoms with van der Waals surface area (Å²) in [6.45, 7) is 5.17. The number of aromatic nitrogens is 4. The van der Waals surface area contributed by atoms with E-state index in [-0.39, 0.29) is 0 Å². The summed E-state index contributed by atoms with van der Waals surface area (Å²) in [6.07, 6.45) is 4.01. The van der Waals surface area contributed by atoms with Crippen molar-refractivity contribution in [2.75, 3.05) is 5.43 Å². The van der Waals surface area contributed by atoms with Crippen molar-refractivity contribution in [3.05, 3.63) is 46.2 Å². The van der Waals surface area contributed by atoms with E-state index in [9.17, 15) is 0 Å². The molecule has 0 amide bonds. The summed E-state index contributed by atoms with van der Waals surface area (Å²) in [4.78, 5) is 5.79. The van der Waals surface area contributed by atoms with Gasteiger partial charge in [0.2, 0.25) is 0 Å². The molecule has 0 aliphatic rings. The van der Waals surface area contributed by atoms with E-state index < -0.39 is 0 Å². The molecule has 6 nitrogen and oxygen atoms in total. The number of hydrazone groups is 1. The van der Waals surface area contributed by atoms with Crippen LogP contribution in [0, 0.1) is 6.92 Å². The molecule has 0 saturated heterocycles. The number of anilines is 1. The number of thiophene rings is 1. The average molecular weight is 364 g/mol. The topological polar surface area (TPSA) is 68.0 Å². The summed E-state index contributed by atoms with van der Waals surface area (Å²) >= 11 is 1.65. The number of hydrogen-bond donors (Lipinski definition) is 1. The largest absolute Gasteiger partial charge is 0.324 e. The van der Waals surface area contributed by atoms with E-state index in [0.29, 0.717) is 5.95 Å². The normalized spacial score (nSPS) is 11.8. The molecule has 3 heterocycles. The fourth-order valence-electron chi connectivity index (χ4n) is 2.96. The zero-order valence-electron chi connectivity index (χ0n) is 14.8. The Morgan fingerprint density at radius 1 is 1.23 bits per heavy atom. The van der Waals surface area contributed by atoms with E-state index in [4.69, 9.17) is 0 Å². The highest BCUT2D eigenvalue weighted by Gasteiger charge is 2.14. The lowest BCUT2D eigenvalue weighted by atomic mass is 10.2. The first-order valence-electron chi connectivity index (χ1n) is 8.72. The van der Waals surface area contributed by atoms with Gasteiger partial charge in [0.05, 0.1) is 11.7 Å². The van der Waals surface area contributed by atoms with Crippen molar-refractivity contribution >= 4 is 45.6 Å². The molecule has 4 rings (SSSR count). The number of rotatable bonds is 6. The molecule has 0 unspecified atom stereocenters. The molecule has 0 bridgehead atoms. The van der Waals surface area contributed by atoms with Crippen LogP contribution in [0.5, 0.6) is 0 Å². The Balaban J connectivity index is 1.70. The van der Waals surface area contributed by atoms with Crippen LogP contribution in [-0.2, 0) is 6.54 Å². The lowest BCUT2D eigenvalue weighted by molar-refractivity contribution is 0.660. The fourth-order valence-corrected chi connectivity index (χ4v) is 3.75. The van der Waals surface area contributed by atoms with Crippen LogP contribution in [0.1, 0.15) is 30.2 Å². The number of unbranched alkanes of at least 4 members (excludes halogenated alkanes) is 1. The van der Waals surface area contributed by atoms with Gasteiger partial charge in [0.25, 0.3) is 5.95 Å². The van der Waals surface area contributed by atoms with E-state index >= 15 is 0 Å². The Kier molecular flexibility index (Phi) is 4.62. The molecule has 132 valence electrons. The van der Waals surface area contributed by atoms with Crippen LogP contribution in [-0.4, -0.2) is 26.0 Å². The lowest BCUT2D eigenvalue weighted by Gasteiger charge is -2.05. The molecule has 0 spiro atoms. The van der Waals surface area contributed by atoms with Crippen molar-refractivity contribution in [2.24, 2.45) is 5.10 Å². The zero-order chi connectivity index (χ0) is 17.9. The second-order valence-electron chi connectivity index (χ2n) is 6.17. The molecule has 0 aliphatic carbocycles. The minimum atomic E-state index is 0.406. The van der Waals surface area contributed by atoms with Gasteiger partial charge in [-0.25, -0.2) is 5.43 Å². The number of benzene rings is 1. The quantitative estimate of drug-likeness (QED) is 0.401. The molecule has 0 aliphatic heterocycles. The summed E-state index contributed by atoms with van der Waals surface area (Å²) in [6, 6.07) is 10.3. The molecule has 0 fully saturated rings. The van der Waals surface area contributed by atoms with Gasteiger partial charge < -0.3 is 4.57 Å². The molecule has 0 atom stereocenters. The number of nitrogens with zero attached hydrogens (tertiary/aromatic N) is 5. The Labute approximate surface area is 155 Å². The summed E-state index contributed by atoms with van der Waals surface area (Å²) < 4.78 is 2.22. The molecule has 1 aromatic carbocycles. The third-order valence-electron chi connectivity index (χ3n) is 4.36. The monoisotopic (exact) mass is 364 g/mol. The first-order valence-corrected chi connectivity index (χ1v) is 9.60. The summed E-state index contributed by atoms with van der Waals surface area (Å²) in [7, 11) is 0. The van der Waals surface area contributed by atoms with E-state index in [2.05, 4.69) is 62.3 Å². The highest BCUT2D eigenvalue weighted by Crippen LogP contribution is 2.26. The first kappa shape index (κ1) is 16.7. The molecule has 7 heteroatoms. The van der Waals surface area contributed by atoms with Crippen LogP contribution in [0.15, 0.2) is 40.8 Å². The number of para-hydroxylation sites is 1. The number of fused-ring (bicyclic) bond motifs is 3. The van der Waals surface area contributed by atoms with E-state index in [1.165, 1.54) is 5.56 Å². The van der Waals surface area contributed by atoms with E-state index in [0.717, 1.165) is 46.3 Å². The van der Waals surface area contributed by atoms with Crippen LogP contribution < -0.4 is 5.43 Å². The van der Waals surface area contributed by atoms with Gasteiger partial charge in [0.1, 0.15) is 5.52 Å². The Bertz CT molecular complexity index is 1080. The van der Waals surface area contributed by atoms with Gasteiger partial charge in [-0.2, -0.15) is 10.1 Å². The molecular formula is C19H20N6S. The van der Waals surface area contributed by atoms with Crippen molar-refractivity contribution in [3.63, 3.8) is 0 Å².